The molecule has 0 atom stereocenters. The van der Waals surface area contributed by atoms with Crippen molar-refractivity contribution in [1.29, 1.82) is 0 Å². The molecule has 2 aromatic heterocycles. The third kappa shape index (κ3) is 4.02. The molecule has 2 nitrogen and oxygen atoms in total. The molecule has 0 aliphatic heterocycles. The second kappa shape index (κ2) is 10.1. The second-order valence-corrected chi connectivity index (χ2v) is 12.3. The molecule has 218 valence electrons. The minimum atomic E-state index is 0.816. The van der Waals surface area contributed by atoms with Gasteiger partial charge in [0.15, 0.2) is 5.58 Å². The van der Waals surface area contributed by atoms with Gasteiger partial charge in [-0.25, -0.2) is 0 Å². The monoisotopic (exact) mass is 597 g/mol. The normalized spacial score (nSPS) is 11.8. The number of benzene rings is 8. The number of fused-ring (bicyclic) bond motifs is 7. The highest BCUT2D eigenvalue weighted by Gasteiger charge is 2.20. The molecule has 0 unspecified atom stereocenters. The average Bonchev–Trinajstić information content (AvgIpc) is 3.52. The van der Waals surface area contributed by atoms with Crippen LogP contribution in [-0.2, 0) is 0 Å². The molecule has 10 aromatic rings. The maximum absolute atomic E-state index is 6.45. The first-order chi connectivity index (χ1) is 23.3. The summed E-state index contributed by atoms with van der Waals surface area (Å²) in [5.41, 5.74) is 8.45. The summed E-state index contributed by atoms with van der Waals surface area (Å²) in [6.45, 7) is 0. The number of pyridine rings is 1. The van der Waals surface area contributed by atoms with Crippen LogP contribution >= 0.6 is 0 Å². The first kappa shape index (κ1) is 26.0. The zero-order valence-corrected chi connectivity index (χ0v) is 25.4. The number of nitrogens with zero attached hydrogens (tertiary/aromatic N) is 1. The van der Waals surface area contributed by atoms with Crippen LogP contribution in [0.4, 0.5) is 0 Å². The van der Waals surface area contributed by atoms with Gasteiger partial charge in [-0.05, 0) is 95.7 Å². The molecule has 2 heteroatoms. The number of para-hydroxylation sites is 1. The van der Waals surface area contributed by atoms with Crippen LogP contribution in [0.5, 0.6) is 0 Å². The summed E-state index contributed by atoms with van der Waals surface area (Å²) in [5, 5.41) is 12.0. The molecule has 0 bridgehead atoms. The largest absolute Gasteiger partial charge is 0.454 e. The van der Waals surface area contributed by atoms with Crippen LogP contribution in [-0.4, -0.2) is 4.98 Å². The molecule has 0 fully saturated rings. The molecular weight excluding hydrogens is 571 g/mol. The maximum atomic E-state index is 6.45. The summed E-state index contributed by atoms with van der Waals surface area (Å²) in [7, 11) is 0. The van der Waals surface area contributed by atoms with Crippen molar-refractivity contribution in [2.45, 2.75) is 0 Å². The molecule has 0 spiro atoms. The zero-order valence-electron chi connectivity index (χ0n) is 25.4. The Bertz CT molecular complexity index is 2860. The highest BCUT2D eigenvalue weighted by atomic mass is 16.3. The average molecular weight is 598 g/mol. The third-order valence-electron chi connectivity index (χ3n) is 9.67. The van der Waals surface area contributed by atoms with Crippen LogP contribution in [0.1, 0.15) is 0 Å². The topological polar surface area (TPSA) is 26.0 Å². The van der Waals surface area contributed by atoms with Gasteiger partial charge in [0.1, 0.15) is 11.3 Å². The van der Waals surface area contributed by atoms with E-state index in [-0.39, 0.29) is 0 Å². The van der Waals surface area contributed by atoms with Crippen LogP contribution in [0, 0.1) is 0 Å². The van der Waals surface area contributed by atoms with Gasteiger partial charge in [0.2, 0.25) is 0 Å². The van der Waals surface area contributed by atoms with Gasteiger partial charge < -0.3 is 4.42 Å². The summed E-state index contributed by atoms with van der Waals surface area (Å²) < 4.78 is 6.45. The molecule has 0 amide bonds. The zero-order chi connectivity index (χ0) is 30.9. The van der Waals surface area contributed by atoms with Crippen molar-refractivity contribution >= 4 is 65.0 Å². The summed E-state index contributed by atoms with van der Waals surface area (Å²) in [6.07, 6.45) is 1.90. The van der Waals surface area contributed by atoms with Gasteiger partial charge in [0.25, 0.3) is 0 Å². The summed E-state index contributed by atoms with van der Waals surface area (Å²) in [4.78, 5) is 4.91. The Hall–Kier alpha value is -6.25. The molecule has 8 aromatic carbocycles. The molecule has 10 rings (SSSR count). The van der Waals surface area contributed by atoms with E-state index < -0.39 is 0 Å². The van der Waals surface area contributed by atoms with Gasteiger partial charge in [0, 0.05) is 22.5 Å². The molecule has 0 N–H and O–H groups in total. The van der Waals surface area contributed by atoms with Crippen molar-refractivity contribution in [2.24, 2.45) is 0 Å². The van der Waals surface area contributed by atoms with Crippen molar-refractivity contribution in [2.75, 3.05) is 0 Å². The lowest BCUT2D eigenvalue weighted by Crippen LogP contribution is -1.93. The summed E-state index contributed by atoms with van der Waals surface area (Å²) >= 11 is 0. The lowest BCUT2D eigenvalue weighted by molar-refractivity contribution is 0.668. The van der Waals surface area contributed by atoms with Crippen molar-refractivity contribution in [1.82, 2.24) is 4.98 Å². The van der Waals surface area contributed by atoms with Crippen LogP contribution in [0.3, 0.4) is 0 Å². The fourth-order valence-corrected chi connectivity index (χ4v) is 7.49. The standard InChI is InChI=1S/C45H27NO/c1-3-11-30-25-32(19-17-28(30)9-1)42-36-14-5-6-15-37(36)43(33-20-18-29-10-2-4-12-31(29)26-33)40-27-34(21-22-38(40)42)44-45-39(23-24-46-44)35-13-7-8-16-41(35)47-45/h1-27H. The highest BCUT2D eigenvalue weighted by Crippen LogP contribution is 2.46. The number of hydrogen-bond acceptors (Lipinski definition) is 2. The van der Waals surface area contributed by atoms with Crippen molar-refractivity contribution < 1.29 is 4.42 Å². The number of hydrogen-bond donors (Lipinski definition) is 0. The second-order valence-electron chi connectivity index (χ2n) is 12.3. The van der Waals surface area contributed by atoms with E-state index in [1.54, 1.807) is 0 Å². The minimum absolute atomic E-state index is 0.816. The predicted octanol–water partition coefficient (Wildman–Crippen LogP) is 12.6. The summed E-state index contributed by atoms with van der Waals surface area (Å²) in [6, 6.07) is 56.8. The molecule has 0 aliphatic carbocycles. The van der Waals surface area contributed by atoms with Crippen LogP contribution in [0.25, 0.3) is 98.5 Å². The summed E-state index contributed by atoms with van der Waals surface area (Å²) in [5.74, 6) is 0. The predicted molar refractivity (Wildman–Crippen MR) is 198 cm³/mol. The fraction of sp³-hybridized carbons (Fsp3) is 0. The Balaban J connectivity index is 1.33. The Labute approximate surface area is 271 Å². The van der Waals surface area contributed by atoms with E-state index >= 15 is 0 Å². The van der Waals surface area contributed by atoms with Gasteiger partial charge in [-0.15, -0.1) is 0 Å². The molecule has 47 heavy (non-hydrogen) atoms. The number of aromatic nitrogens is 1. The van der Waals surface area contributed by atoms with Crippen LogP contribution in [0.2, 0.25) is 0 Å². The lowest BCUT2D eigenvalue weighted by atomic mass is 9.84. The van der Waals surface area contributed by atoms with E-state index in [4.69, 9.17) is 9.40 Å². The van der Waals surface area contributed by atoms with Gasteiger partial charge >= 0.3 is 0 Å². The van der Waals surface area contributed by atoms with Crippen molar-refractivity contribution in [3.8, 4) is 33.5 Å². The lowest BCUT2D eigenvalue weighted by Gasteiger charge is -2.19. The Morgan fingerprint density at radius 1 is 0.362 bits per heavy atom. The van der Waals surface area contributed by atoms with Gasteiger partial charge in [-0.3, -0.25) is 4.98 Å². The minimum Gasteiger partial charge on any atom is -0.454 e. The maximum Gasteiger partial charge on any atom is 0.161 e. The molecule has 0 saturated heterocycles. The fourth-order valence-electron chi connectivity index (χ4n) is 7.49. The SMILES string of the molecule is c1ccc2cc(-c3c4ccccc4c(-c4ccc5ccccc5c4)c4cc(-c5nccc6c5oc5ccccc56)ccc34)ccc2c1. The number of furan rings is 1. The Kier molecular flexibility index (Phi) is 5.61. The van der Waals surface area contributed by atoms with Crippen molar-refractivity contribution in [3.63, 3.8) is 0 Å². The molecule has 0 aliphatic rings. The van der Waals surface area contributed by atoms with Gasteiger partial charge in [-0.2, -0.15) is 0 Å². The van der Waals surface area contributed by atoms with E-state index in [9.17, 15) is 0 Å². The molecular formula is C45H27NO. The Morgan fingerprint density at radius 3 is 1.57 bits per heavy atom. The Morgan fingerprint density at radius 2 is 0.894 bits per heavy atom. The van der Waals surface area contributed by atoms with E-state index in [2.05, 4.69) is 146 Å². The quantitative estimate of drug-likeness (QED) is 0.189. The van der Waals surface area contributed by atoms with E-state index in [0.717, 1.165) is 33.2 Å². The van der Waals surface area contributed by atoms with E-state index in [1.165, 1.54) is 65.3 Å². The van der Waals surface area contributed by atoms with E-state index in [0.29, 0.717) is 0 Å². The van der Waals surface area contributed by atoms with Crippen molar-refractivity contribution in [3.05, 3.63) is 164 Å². The first-order valence-electron chi connectivity index (χ1n) is 16.0. The third-order valence-corrected chi connectivity index (χ3v) is 9.67. The van der Waals surface area contributed by atoms with Crippen LogP contribution in [0.15, 0.2) is 168 Å². The van der Waals surface area contributed by atoms with Crippen LogP contribution < -0.4 is 0 Å². The smallest absolute Gasteiger partial charge is 0.161 e. The first-order valence-corrected chi connectivity index (χ1v) is 16.0. The number of rotatable bonds is 3. The molecule has 0 saturated carbocycles. The van der Waals surface area contributed by atoms with E-state index in [1.807, 2.05) is 18.3 Å². The molecule has 2 heterocycles. The highest BCUT2D eigenvalue weighted by molar-refractivity contribution is 6.23. The van der Waals surface area contributed by atoms with Gasteiger partial charge in [-0.1, -0.05) is 127 Å². The van der Waals surface area contributed by atoms with Gasteiger partial charge in [0.05, 0.1) is 0 Å². The molecule has 0 radical (unpaired) electrons.